The van der Waals surface area contributed by atoms with E-state index in [-0.39, 0.29) is 17.9 Å². The van der Waals surface area contributed by atoms with Crippen LogP contribution in [0.15, 0.2) is 44.1 Å². The van der Waals surface area contributed by atoms with Gasteiger partial charge in [0, 0.05) is 16.6 Å². The Bertz CT molecular complexity index is 755. The lowest BCUT2D eigenvalue weighted by Crippen LogP contribution is -2.26. The number of aryl methyl sites for hydroxylation is 2. The second-order valence-electron chi connectivity index (χ2n) is 5.00. The summed E-state index contributed by atoms with van der Waals surface area (Å²) in [5.41, 5.74) is 0.692. The third-order valence-electron chi connectivity index (χ3n) is 3.27. The fourth-order valence-corrected chi connectivity index (χ4v) is 4.26. The summed E-state index contributed by atoms with van der Waals surface area (Å²) in [6.07, 6.45) is -0.497. The average molecular weight is 388 g/mol. The minimum Gasteiger partial charge on any atom is -0.466 e. The molecule has 0 aliphatic heterocycles. The van der Waals surface area contributed by atoms with E-state index in [1.807, 2.05) is 0 Å². The summed E-state index contributed by atoms with van der Waals surface area (Å²) in [5.74, 6) is 1.37. The molecule has 0 amide bonds. The van der Waals surface area contributed by atoms with Gasteiger partial charge in [0.1, 0.15) is 11.5 Å². The second-order valence-corrected chi connectivity index (χ2v) is 7.59. The van der Waals surface area contributed by atoms with Gasteiger partial charge in [-0.05, 0) is 54.4 Å². The standard InChI is InChI=1S/C15H18BrNO4S/c1-10-9-12(11(2)21-10)14(18)7-8-17-22(19,20)15-6-4-3-5-13(15)16/h3-6,9,14,17-18H,7-8H2,1-2H3/t14-/m1/s1. The molecule has 1 heterocycles. The lowest BCUT2D eigenvalue weighted by atomic mass is 10.1. The highest BCUT2D eigenvalue weighted by molar-refractivity contribution is 9.10. The van der Waals surface area contributed by atoms with Crippen molar-refractivity contribution in [3.63, 3.8) is 0 Å². The molecule has 2 rings (SSSR count). The van der Waals surface area contributed by atoms with E-state index < -0.39 is 16.1 Å². The summed E-state index contributed by atoms with van der Waals surface area (Å²) < 4.78 is 32.8. The molecule has 0 fully saturated rings. The number of furan rings is 1. The molecule has 7 heteroatoms. The highest BCUT2D eigenvalue weighted by Gasteiger charge is 2.19. The van der Waals surface area contributed by atoms with Gasteiger partial charge in [0.15, 0.2) is 0 Å². The summed E-state index contributed by atoms with van der Waals surface area (Å²) in [6.45, 7) is 3.71. The minimum atomic E-state index is -3.61. The highest BCUT2D eigenvalue weighted by Crippen LogP contribution is 2.24. The van der Waals surface area contributed by atoms with E-state index in [9.17, 15) is 13.5 Å². The first kappa shape index (κ1) is 17.2. The van der Waals surface area contributed by atoms with Crippen molar-refractivity contribution in [1.29, 1.82) is 0 Å². The average Bonchev–Trinajstić information content (AvgIpc) is 2.77. The van der Waals surface area contributed by atoms with Crippen LogP contribution in [0.5, 0.6) is 0 Å². The number of aliphatic hydroxyl groups excluding tert-OH is 1. The summed E-state index contributed by atoms with van der Waals surface area (Å²) in [5, 5.41) is 10.1. The van der Waals surface area contributed by atoms with Crippen molar-refractivity contribution in [3.8, 4) is 0 Å². The molecule has 0 aliphatic rings. The SMILES string of the molecule is Cc1cc([C@H](O)CCNS(=O)(=O)c2ccccc2Br)c(C)o1. The van der Waals surface area contributed by atoms with Crippen LogP contribution >= 0.6 is 15.9 Å². The maximum atomic E-state index is 12.2. The van der Waals surface area contributed by atoms with Crippen molar-refractivity contribution in [1.82, 2.24) is 4.72 Å². The molecule has 1 aromatic carbocycles. The Morgan fingerprint density at radius 2 is 2.00 bits per heavy atom. The maximum absolute atomic E-state index is 12.2. The van der Waals surface area contributed by atoms with Gasteiger partial charge in [0.25, 0.3) is 0 Å². The van der Waals surface area contributed by atoms with Gasteiger partial charge in [-0.15, -0.1) is 0 Å². The first-order valence-electron chi connectivity index (χ1n) is 6.80. The zero-order valence-corrected chi connectivity index (χ0v) is 14.7. The van der Waals surface area contributed by atoms with Gasteiger partial charge < -0.3 is 9.52 Å². The van der Waals surface area contributed by atoms with Gasteiger partial charge in [0.2, 0.25) is 10.0 Å². The van der Waals surface area contributed by atoms with Crippen LogP contribution in [0.25, 0.3) is 0 Å². The van der Waals surface area contributed by atoms with Crippen molar-refractivity contribution in [2.45, 2.75) is 31.3 Å². The van der Waals surface area contributed by atoms with Crippen LogP contribution < -0.4 is 4.72 Å². The monoisotopic (exact) mass is 387 g/mol. The Labute approximate surface area is 138 Å². The van der Waals surface area contributed by atoms with E-state index >= 15 is 0 Å². The van der Waals surface area contributed by atoms with Gasteiger partial charge in [-0.3, -0.25) is 0 Å². The summed E-state index contributed by atoms with van der Waals surface area (Å²) in [4.78, 5) is 0.180. The van der Waals surface area contributed by atoms with Crippen LogP contribution in [0.2, 0.25) is 0 Å². The predicted octanol–water partition coefficient (Wildman–Crippen LogP) is 3.06. The van der Waals surface area contributed by atoms with E-state index in [0.29, 0.717) is 15.8 Å². The van der Waals surface area contributed by atoms with Crippen LogP contribution in [-0.4, -0.2) is 20.1 Å². The molecule has 5 nitrogen and oxygen atoms in total. The zero-order valence-electron chi connectivity index (χ0n) is 12.3. The molecule has 22 heavy (non-hydrogen) atoms. The van der Waals surface area contributed by atoms with Gasteiger partial charge in [0.05, 0.1) is 11.0 Å². The summed E-state index contributed by atoms with van der Waals surface area (Å²) in [6, 6.07) is 8.36. The lowest BCUT2D eigenvalue weighted by molar-refractivity contribution is 0.167. The number of sulfonamides is 1. The Balaban J connectivity index is 1.99. The highest BCUT2D eigenvalue weighted by atomic mass is 79.9. The zero-order chi connectivity index (χ0) is 16.3. The number of halogens is 1. The van der Waals surface area contributed by atoms with E-state index in [1.165, 1.54) is 6.07 Å². The predicted molar refractivity (Wildman–Crippen MR) is 87.1 cm³/mol. The molecule has 0 aliphatic carbocycles. The fraction of sp³-hybridized carbons (Fsp3) is 0.333. The molecule has 120 valence electrons. The number of hydrogen-bond acceptors (Lipinski definition) is 4. The van der Waals surface area contributed by atoms with Crippen LogP contribution in [0.1, 0.15) is 29.6 Å². The molecule has 2 N–H and O–H groups in total. The van der Waals surface area contributed by atoms with Crippen molar-refractivity contribution in [2.24, 2.45) is 0 Å². The van der Waals surface area contributed by atoms with Crippen molar-refractivity contribution in [3.05, 3.63) is 51.9 Å². The third-order valence-corrected chi connectivity index (χ3v) is 5.75. The number of rotatable bonds is 6. The quantitative estimate of drug-likeness (QED) is 0.797. The second kappa shape index (κ2) is 6.95. The molecule has 0 saturated carbocycles. The van der Waals surface area contributed by atoms with E-state index in [4.69, 9.17) is 4.42 Å². The smallest absolute Gasteiger partial charge is 0.241 e. The molecule has 0 unspecified atom stereocenters. The van der Waals surface area contributed by atoms with Crippen LogP contribution in [0.4, 0.5) is 0 Å². The topological polar surface area (TPSA) is 79.5 Å². The number of nitrogens with one attached hydrogen (secondary N) is 1. The van der Waals surface area contributed by atoms with Crippen molar-refractivity contribution >= 4 is 26.0 Å². The molecule has 0 bridgehead atoms. The molecule has 0 saturated heterocycles. The van der Waals surface area contributed by atoms with Gasteiger partial charge in [-0.25, -0.2) is 13.1 Å². The molecule has 1 aromatic heterocycles. The Morgan fingerprint density at radius 3 is 2.59 bits per heavy atom. The van der Waals surface area contributed by atoms with Gasteiger partial charge in [-0.1, -0.05) is 12.1 Å². The molecule has 1 atom stereocenters. The van der Waals surface area contributed by atoms with Crippen molar-refractivity contribution in [2.75, 3.05) is 6.54 Å². The first-order valence-corrected chi connectivity index (χ1v) is 9.08. The third kappa shape index (κ3) is 3.98. The van der Waals surface area contributed by atoms with E-state index in [1.54, 1.807) is 38.1 Å². The van der Waals surface area contributed by atoms with Crippen molar-refractivity contribution < 1.29 is 17.9 Å². The van der Waals surface area contributed by atoms with Crippen LogP contribution in [0.3, 0.4) is 0 Å². The minimum absolute atomic E-state index is 0.133. The van der Waals surface area contributed by atoms with Crippen LogP contribution in [-0.2, 0) is 10.0 Å². The number of aliphatic hydroxyl groups is 1. The van der Waals surface area contributed by atoms with Gasteiger partial charge >= 0.3 is 0 Å². The Kier molecular flexibility index (Phi) is 5.44. The largest absolute Gasteiger partial charge is 0.466 e. The maximum Gasteiger partial charge on any atom is 0.241 e. The Morgan fingerprint density at radius 1 is 1.32 bits per heavy atom. The number of benzene rings is 1. The molecular formula is C15H18BrNO4S. The summed E-state index contributed by atoms with van der Waals surface area (Å²) in [7, 11) is -3.61. The number of hydrogen-bond donors (Lipinski definition) is 2. The van der Waals surface area contributed by atoms with E-state index in [0.717, 1.165) is 5.76 Å². The van der Waals surface area contributed by atoms with Crippen LogP contribution in [0, 0.1) is 13.8 Å². The van der Waals surface area contributed by atoms with E-state index in [2.05, 4.69) is 20.7 Å². The lowest BCUT2D eigenvalue weighted by Gasteiger charge is -2.11. The molecule has 2 aromatic rings. The summed E-state index contributed by atoms with van der Waals surface area (Å²) >= 11 is 3.22. The first-order chi connectivity index (χ1) is 10.3. The fourth-order valence-electron chi connectivity index (χ4n) is 2.21. The molecule has 0 spiro atoms. The molecule has 0 radical (unpaired) electrons. The molecular weight excluding hydrogens is 370 g/mol. The Hall–Kier alpha value is -1.15. The van der Waals surface area contributed by atoms with Gasteiger partial charge in [-0.2, -0.15) is 0 Å². The normalized spacial score (nSPS) is 13.3.